The van der Waals surface area contributed by atoms with Crippen LogP contribution in [0.15, 0.2) is 35.2 Å². The lowest BCUT2D eigenvalue weighted by Gasteiger charge is -2.06. The Labute approximate surface area is 86.1 Å². The van der Waals surface area contributed by atoms with Crippen LogP contribution in [0.1, 0.15) is 13.8 Å². The van der Waals surface area contributed by atoms with Gasteiger partial charge in [0.25, 0.3) is 0 Å². The van der Waals surface area contributed by atoms with E-state index in [4.69, 9.17) is 0 Å². The lowest BCUT2D eigenvalue weighted by molar-refractivity contribution is -0.122. The van der Waals surface area contributed by atoms with Gasteiger partial charge in [0.2, 0.25) is 5.91 Å². The molecule has 1 amide bonds. The Hall–Kier alpha value is -1.16. The quantitative estimate of drug-likeness (QED) is 0.823. The smallest absolute Gasteiger partial charge is 0.234 e. The van der Waals surface area contributed by atoms with Crippen molar-refractivity contribution in [3.63, 3.8) is 0 Å². The molecule has 0 saturated heterocycles. The third-order valence-corrected chi connectivity index (χ3v) is 2.76. The summed E-state index contributed by atoms with van der Waals surface area (Å²) in [5.74, 6) is -0.352. The highest BCUT2D eigenvalue weighted by Gasteiger charge is 2.10. The average Bonchev–Trinajstić information content (AvgIpc) is 2.19. The van der Waals surface area contributed by atoms with Gasteiger partial charge >= 0.3 is 0 Å². The van der Waals surface area contributed by atoms with Crippen LogP contribution in [0.5, 0.6) is 0 Å². The first-order chi connectivity index (χ1) is 6.61. The molecule has 0 aliphatic carbocycles. The summed E-state index contributed by atoms with van der Waals surface area (Å²) in [4.78, 5) is 11.8. The van der Waals surface area contributed by atoms with Gasteiger partial charge in [-0.15, -0.1) is 0 Å². The Morgan fingerprint density at radius 2 is 1.86 bits per heavy atom. The number of hydrogen-bond acceptors (Lipinski definition) is 2. The SMILES string of the molecule is CC(C)C(=O)NS(=O)c1ccccc1. The summed E-state index contributed by atoms with van der Waals surface area (Å²) >= 11 is 0. The van der Waals surface area contributed by atoms with E-state index in [1.165, 1.54) is 0 Å². The third-order valence-electron chi connectivity index (χ3n) is 1.67. The lowest BCUT2D eigenvalue weighted by atomic mass is 10.2. The van der Waals surface area contributed by atoms with Crippen LogP contribution in [0.4, 0.5) is 0 Å². The highest BCUT2D eigenvalue weighted by Crippen LogP contribution is 2.03. The third kappa shape index (κ3) is 2.96. The van der Waals surface area contributed by atoms with E-state index >= 15 is 0 Å². The average molecular weight is 211 g/mol. The number of carbonyl (C=O) groups is 1. The van der Waals surface area contributed by atoms with Crippen molar-refractivity contribution in [1.82, 2.24) is 4.72 Å². The molecule has 0 fully saturated rings. The van der Waals surface area contributed by atoms with E-state index in [1.54, 1.807) is 38.1 Å². The fourth-order valence-corrected chi connectivity index (χ4v) is 1.75. The molecule has 4 heteroatoms. The van der Waals surface area contributed by atoms with Gasteiger partial charge in [-0.3, -0.25) is 9.52 Å². The van der Waals surface area contributed by atoms with Crippen LogP contribution in [0, 0.1) is 5.92 Å². The molecule has 1 unspecified atom stereocenters. The molecule has 76 valence electrons. The molecule has 3 nitrogen and oxygen atoms in total. The molecule has 0 radical (unpaired) electrons. The van der Waals surface area contributed by atoms with E-state index in [-0.39, 0.29) is 11.8 Å². The van der Waals surface area contributed by atoms with Gasteiger partial charge in [-0.05, 0) is 12.1 Å². The highest BCUT2D eigenvalue weighted by molar-refractivity contribution is 7.83. The van der Waals surface area contributed by atoms with Crippen LogP contribution in [0.3, 0.4) is 0 Å². The van der Waals surface area contributed by atoms with Gasteiger partial charge in [0, 0.05) is 5.92 Å². The zero-order chi connectivity index (χ0) is 10.6. The standard InChI is InChI=1S/C10H13NO2S/c1-8(2)10(12)11-14(13)9-6-4-3-5-7-9/h3-8H,1-2H3,(H,11,12). The minimum Gasteiger partial charge on any atom is -0.274 e. The number of carbonyl (C=O) groups excluding carboxylic acids is 1. The van der Waals surface area contributed by atoms with E-state index in [1.807, 2.05) is 6.07 Å². The summed E-state index contributed by atoms with van der Waals surface area (Å²) in [6.45, 7) is 3.52. The molecule has 0 heterocycles. The Kier molecular flexibility index (Phi) is 3.83. The normalized spacial score (nSPS) is 12.5. The molecule has 14 heavy (non-hydrogen) atoms. The van der Waals surface area contributed by atoms with Crippen molar-refractivity contribution in [2.24, 2.45) is 5.92 Å². The zero-order valence-corrected chi connectivity index (χ0v) is 9.01. The molecule has 1 rings (SSSR count). The van der Waals surface area contributed by atoms with Gasteiger partial charge in [-0.2, -0.15) is 0 Å². The Bertz CT molecular complexity index is 335. The molecule has 1 aromatic rings. The Morgan fingerprint density at radius 1 is 1.29 bits per heavy atom. The topological polar surface area (TPSA) is 46.2 Å². The molecule has 0 aliphatic heterocycles. The van der Waals surface area contributed by atoms with E-state index in [2.05, 4.69) is 4.72 Å². The second-order valence-corrected chi connectivity index (χ2v) is 4.42. The summed E-state index contributed by atoms with van der Waals surface area (Å²) in [5, 5.41) is 0. The van der Waals surface area contributed by atoms with Crippen LogP contribution in [0.25, 0.3) is 0 Å². The molecule has 1 N–H and O–H groups in total. The van der Waals surface area contributed by atoms with Gasteiger partial charge in [-0.25, -0.2) is 4.21 Å². The van der Waals surface area contributed by atoms with Crippen LogP contribution in [0.2, 0.25) is 0 Å². The first-order valence-electron chi connectivity index (χ1n) is 4.38. The predicted molar refractivity (Wildman–Crippen MR) is 55.8 cm³/mol. The first kappa shape index (κ1) is 10.9. The van der Waals surface area contributed by atoms with E-state index < -0.39 is 11.0 Å². The predicted octanol–water partition coefficient (Wildman–Crippen LogP) is 1.48. The molecule has 1 atom stereocenters. The fourth-order valence-electron chi connectivity index (χ4n) is 0.812. The second-order valence-electron chi connectivity index (χ2n) is 3.20. The molecular formula is C10H13NO2S. The number of amides is 1. The van der Waals surface area contributed by atoms with Crippen LogP contribution >= 0.6 is 0 Å². The van der Waals surface area contributed by atoms with Crippen molar-refractivity contribution >= 4 is 16.9 Å². The van der Waals surface area contributed by atoms with E-state index in [0.29, 0.717) is 4.90 Å². The van der Waals surface area contributed by atoms with Gasteiger partial charge in [0.1, 0.15) is 0 Å². The van der Waals surface area contributed by atoms with Crippen molar-refractivity contribution in [3.8, 4) is 0 Å². The fraction of sp³-hybridized carbons (Fsp3) is 0.300. The largest absolute Gasteiger partial charge is 0.274 e. The number of nitrogens with one attached hydrogen (secondary N) is 1. The van der Waals surface area contributed by atoms with Gasteiger partial charge < -0.3 is 0 Å². The van der Waals surface area contributed by atoms with Crippen molar-refractivity contribution < 1.29 is 9.00 Å². The maximum atomic E-state index is 11.5. The lowest BCUT2D eigenvalue weighted by Crippen LogP contribution is -2.29. The Balaban J connectivity index is 2.65. The van der Waals surface area contributed by atoms with Crippen LogP contribution < -0.4 is 4.72 Å². The minimum absolute atomic E-state index is 0.150. The maximum Gasteiger partial charge on any atom is 0.234 e. The summed E-state index contributed by atoms with van der Waals surface area (Å²) < 4.78 is 14.0. The zero-order valence-electron chi connectivity index (χ0n) is 8.19. The van der Waals surface area contributed by atoms with Crippen molar-refractivity contribution in [2.75, 3.05) is 0 Å². The molecule has 0 spiro atoms. The summed E-state index contributed by atoms with van der Waals surface area (Å²) in [6.07, 6.45) is 0. The number of rotatable bonds is 3. The number of benzene rings is 1. The van der Waals surface area contributed by atoms with E-state index in [0.717, 1.165) is 0 Å². The highest BCUT2D eigenvalue weighted by atomic mass is 32.2. The number of hydrogen-bond donors (Lipinski definition) is 1. The van der Waals surface area contributed by atoms with Gasteiger partial charge in [0.05, 0.1) is 4.90 Å². The second kappa shape index (κ2) is 4.91. The van der Waals surface area contributed by atoms with Crippen LogP contribution in [-0.2, 0) is 15.8 Å². The summed E-state index contributed by atoms with van der Waals surface area (Å²) in [7, 11) is -1.43. The van der Waals surface area contributed by atoms with Crippen molar-refractivity contribution in [3.05, 3.63) is 30.3 Å². The van der Waals surface area contributed by atoms with Crippen molar-refractivity contribution in [1.29, 1.82) is 0 Å². The first-order valence-corrected chi connectivity index (χ1v) is 5.53. The molecule has 0 saturated carbocycles. The Morgan fingerprint density at radius 3 is 2.36 bits per heavy atom. The van der Waals surface area contributed by atoms with Crippen molar-refractivity contribution in [2.45, 2.75) is 18.7 Å². The molecular weight excluding hydrogens is 198 g/mol. The molecule has 0 bridgehead atoms. The summed E-state index contributed by atoms with van der Waals surface area (Å²) in [5.41, 5.74) is 0. The van der Waals surface area contributed by atoms with Gasteiger partial charge in [0.15, 0.2) is 11.0 Å². The molecule has 1 aromatic carbocycles. The monoisotopic (exact) mass is 211 g/mol. The molecule has 0 aliphatic rings. The maximum absolute atomic E-state index is 11.5. The van der Waals surface area contributed by atoms with Gasteiger partial charge in [-0.1, -0.05) is 32.0 Å². The minimum atomic E-state index is -1.43. The van der Waals surface area contributed by atoms with Crippen LogP contribution in [-0.4, -0.2) is 10.1 Å². The van der Waals surface area contributed by atoms with E-state index in [9.17, 15) is 9.00 Å². The summed E-state index contributed by atoms with van der Waals surface area (Å²) in [6, 6.07) is 8.85. The molecule has 0 aromatic heterocycles.